The second-order valence-electron chi connectivity index (χ2n) is 6.97. The minimum Gasteiger partial charge on any atom is -0.352 e. The van der Waals surface area contributed by atoms with Crippen molar-refractivity contribution >= 4 is 10.0 Å². The van der Waals surface area contributed by atoms with Crippen molar-refractivity contribution < 1.29 is 31.1 Å². The van der Waals surface area contributed by atoms with Crippen LogP contribution in [0.3, 0.4) is 0 Å². The highest BCUT2D eigenvalue weighted by Gasteiger charge is 2.46. The summed E-state index contributed by atoms with van der Waals surface area (Å²) in [5, 5.41) is 8.73. The molecule has 12 heteroatoms. The van der Waals surface area contributed by atoms with E-state index in [1.165, 1.54) is 24.3 Å². The minimum atomic E-state index is -4.80. The molecule has 1 saturated heterocycles. The van der Waals surface area contributed by atoms with Crippen molar-refractivity contribution in [1.82, 2.24) is 14.8 Å². The van der Waals surface area contributed by atoms with Gasteiger partial charge in [-0.2, -0.15) is 13.2 Å². The van der Waals surface area contributed by atoms with Gasteiger partial charge in [0.2, 0.25) is 10.0 Å². The van der Waals surface area contributed by atoms with Crippen molar-refractivity contribution in [3.8, 4) is 5.69 Å². The number of primary sulfonamides is 1. The predicted molar refractivity (Wildman–Crippen MR) is 101 cm³/mol. The lowest BCUT2D eigenvalue weighted by Gasteiger charge is -2.26. The molecule has 0 spiro atoms. The number of rotatable bonds is 5. The molecule has 1 aliphatic rings. The van der Waals surface area contributed by atoms with Crippen LogP contribution in [0.5, 0.6) is 0 Å². The maximum atomic E-state index is 13.4. The van der Waals surface area contributed by atoms with Gasteiger partial charge in [-0.15, -0.1) is 5.10 Å². The van der Waals surface area contributed by atoms with E-state index in [-0.39, 0.29) is 36.2 Å². The Kier molecular flexibility index (Phi) is 5.33. The van der Waals surface area contributed by atoms with E-state index < -0.39 is 27.6 Å². The van der Waals surface area contributed by atoms with Crippen LogP contribution in [-0.4, -0.2) is 36.6 Å². The Labute approximate surface area is 175 Å². The summed E-state index contributed by atoms with van der Waals surface area (Å²) in [7, 11) is -3.97. The topological polar surface area (TPSA) is 109 Å². The minimum absolute atomic E-state index is 0.0346. The molecule has 1 fully saturated rings. The zero-order chi connectivity index (χ0) is 22.3. The van der Waals surface area contributed by atoms with Crippen molar-refractivity contribution in [1.29, 1.82) is 0 Å². The highest BCUT2D eigenvalue weighted by molar-refractivity contribution is 7.89. The van der Waals surface area contributed by atoms with Gasteiger partial charge in [0.15, 0.2) is 11.4 Å². The number of halogens is 3. The molecule has 2 aromatic carbocycles. The van der Waals surface area contributed by atoms with E-state index in [0.29, 0.717) is 0 Å². The molecular weight excluding hydrogens is 437 g/mol. The van der Waals surface area contributed by atoms with E-state index in [4.69, 9.17) is 14.6 Å². The average molecular weight is 454 g/mol. The number of nitrogens with zero attached hydrogens (tertiary/aromatic N) is 3. The molecule has 0 bridgehead atoms. The molecule has 8 nitrogen and oxygen atoms in total. The van der Waals surface area contributed by atoms with Gasteiger partial charge < -0.3 is 9.47 Å². The van der Waals surface area contributed by atoms with E-state index in [2.05, 4.69) is 10.1 Å². The summed E-state index contributed by atoms with van der Waals surface area (Å²) in [5.41, 5.74) is -0.356. The maximum absolute atomic E-state index is 13.4. The number of benzene rings is 2. The van der Waals surface area contributed by atoms with Crippen molar-refractivity contribution in [2.45, 2.75) is 23.1 Å². The third-order valence-electron chi connectivity index (χ3n) is 4.76. The van der Waals surface area contributed by atoms with Crippen molar-refractivity contribution in [2.75, 3.05) is 13.4 Å². The van der Waals surface area contributed by atoms with Crippen LogP contribution in [0.25, 0.3) is 5.69 Å². The first-order valence-electron chi connectivity index (χ1n) is 9.02. The molecular formula is C19H17F3N4O4S. The number of nitrogens with two attached hydrogens (primary N) is 1. The third-order valence-corrected chi connectivity index (χ3v) is 5.69. The van der Waals surface area contributed by atoms with Crippen LogP contribution in [-0.2, 0) is 37.7 Å². The lowest BCUT2D eigenvalue weighted by Crippen LogP contribution is -2.35. The second kappa shape index (κ2) is 7.71. The molecule has 0 aliphatic carbocycles. The average Bonchev–Trinajstić information content (AvgIpc) is 3.36. The standard InChI is InChI=1S/C19H17F3N4O4S/c20-19(21,22)16-24-17(18(11-29-12-30-18)10-13-4-2-1-3-5-13)26(25-16)14-6-8-15(9-7-14)31(23,27)28/h1-9H,10-12H2,(H2,23,27,28). The van der Waals surface area contributed by atoms with E-state index in [9.17, 15) is 21.6 Å². The Bertz CT molecular complexity index is 1170. The zero-order valence-electron chi connectivity index (χ0n) is 15.9. The summed E-state index contributed by atoms with van der Waals surface area (Å²) >= 11 is 0. The monoisotopic (exact) mass is 454 g/mol. The lowest BCUT2D eigenvalue weighted by molar-refractivity contribution is -0.145. The first-order valence-corrected chi connectivity index (χ1v) is 10.6. The number of alkyl halides is 3. The van der Waals surface area contributed by atoms with E-state index in [0.717, 1.165) is 10.2 Å². The van der Waals surface area contributed by atoms with Crippen molar-refractivity contribution in [3.05, 3.63) is 71.8 Å². The summed E-state index contributed by atoms with van der Waals surface area (Å²) in [6.07, 6.45) is -4.60. The highest BCUT2D eigenvalue weighted by Crippen LogP contribution is 2.37. The molecule has 31 heavy (non-hydrogen) atoms. The number of hydrogen-bond acceptors (Lipinski definition) is 6. The largest absolute Gasteiger partial charge is 0.453 e. The summed E-state index contributed by atoms with van der Waals surface area (Å²) in [4.78, 5) is 3.57. The second-order valence-corrected chi connectivity index (χ2v) is 8.54. The van der Waals surface area contributed by atoms with Gasteiger partial charge in [0.05, 0.1) is 17.2 Å². The van der Waals surface area contributed by atoms with Gasteiger partial charge in [-0.05, 0) is 29.8 Å². The number of sulfonamides is 1. The van der Waals surface area contributed by atoms with Gasteiger partial charge in [0.1, 0.15) is 6.79 Å². The smallest absolute Gasteiger partial charge is 0.352 e. The molecule has 3 aromatic rings. The number of aromatic nitrogens is 3. The first kappa shape index (κ1) is 21.4. The molecule has 1 aromatic heterocycles. The van der Waals surface area contributed by atoms with Gasteiger partial charge in [-0.25, -0.2) is 23.2 Å². The molecule has 1 atom stereocenters. The van der Waals surface area contributed by atoms with Crippen LogP contribution in [0, 0.1) is 0 Å². The molecule has 4 rings (SSSR count). The van der Waals surface area contributed by atoms with Crippen LogP contribution in [0.15, 0.2) is 59.5 Å². The van der Waals surface area contributed by atoms with Crippen LogP contribution >= 0.6 is 0 Å². The summed E-state index contributed by atoms with van der Waals surface area (Å²) < 4.78 is 75.5. The normalized spacial score (nSPS) is 19.6. The fourth-order valence-corrected chi connectivity index (χ4v) is 3.84. The summed E-state index contributed by atoms with van der Waals surface area (Å²) in [6.45, 7) is -0.154. The van der Waals surface area contributed by atoms with E-state index in [1.807, 2.05) is 18.2 Å². The SMILES string of the molecule is NS(=O)(=O)c1ccc(-n2nc(C(F)(F)F)nc2C2(Cc3ccccc3)COCO2)cc1. The number of ether oxygens (including phenoxy) is 2. The van der Waals surface area contributed by atoms with E-state index >= 15 is 0 Å². The Morgan fingerprint density at radius 3 is 2.32 bits per heavy atom. The molecule has 2 heterocycles. The molecule has 0 saturated carbocycles. The molecule has 2 N–H and O–H groups in total. The Morgan fingerprint density at radius 1 is 1.10 bits per heavy atom. The maximum Gasteiger partial charge on any atom is 0.453 e. The summed E-state index contributed by atoms with van der Waals surface area (Å²) in [6, 6.07) is 14.0. The predicted octanol–water partition coefficient (Wildman–Crippen LogP) is 2.38. The fourth-order valence-electron chi connectivity index (χ4n) is 3.32. The number of hydrogen-bond donors (Lipinski definition) is 1. The van der Waals surface area contributed by atoms with Gasteiger partial charge in [0.25, 0.3) is 5.82 Å². The van der Waals surface area contributed by atoms with Gasteiger partial charge in [-0.3, -0.25) is 0 Å². The lowest BCUT2D eigenvalue weighted by atomic mass is 9.94. The Hall–Kier alpha value is -2.80. The van der Waals surface area contributed by atoms with Crippen LogP contribution in [0.4, 0.5) is 13.2 Å². The van der Waals surface area contributed by atoms with Crippen LogP contribution < -0.4 is 5.14 Å². The molecule has 164 valence electrons. The van der Waals surface area contributed by atoms with Crippen molar-refractivity contribution in [3.63, 3.8) is 0 Å². The zero-order valence-corrected chi connectivity index (χ0v) is 16.7. The Balaban J connectivity index is 1.85. The molecule has 1 aliphatic heterocycles. The molecule has 0 amide bonds. The van der Waals surface area contributed by atoms with Gasteiger partial charge in [-0.1, -0.05) is 30.3 Å². The third kappa shape index (κ3) is 4.32. The summed E-state index contributed by atoms with van der Waals surface area (Å²) in [5.74, 6) is -1.45. The fraction of sp³-hybridized carbons (Fsp3) is 0.263. The van der Waals surface area contributed by atoms with Gasteiger partial charge in [0, 0.05) is 6.42 Å². The highest BCUT2D eigenvalue weighted by atomic mass is 32.2. The van der Waals surface area contributed by atoms with Crippen LogP contribution in [0.1, 0.15) is 17.2 Å². The van der Waals surface area contributed by atoms with E-state index in [1.54, 1.807) is 12.1 Å². The first-order chi connectivity index (χ1) is 14.6. The van der Waals surface area contributed by atoms with Crippen LogP contribution in [0.2, 0.25) is 0 Å². The van der Waals surface area contributed by atoms with Gasteiger partial charge >= 0.3 is 6.18 Å². The molecule has 1 unspecified atom stereocenters. The van der Waals surface area contributed by atoms with Crippen molar-refractivity contribution in [2.24, 2.45) is 5.14 Å². The quantitative estimate of drug-likeness (QED) is 0.634. The Morgan fingerprint density at radius 2 is 1.77 bits per heavy atom. The molecule has 0 radical (unpaired) electrons.